The van der Waals surface area contributed by atoms with Crippen molar-refractivity contribution in [2.45, 2.75) is 25.7 Å². The number of anilines is 2. The molecule has 2 N–H and O–H groups in total. The standard InChI is InChI=1S/C17H14ClN3O2S/c18-17-20-15(14-11-2-1-3-12(11)24-16(14)21-17)19-10-6-4-9(5-7-10)8-13(22)23/h4-7H,1-3,8H2,(H,22,23)(H,19,20,21). The molecule has 0 bridgehead atoms. The second-order valence-corrected chi connectivity index (χ2v) is 7.19. The largest absolute Gasteiger partial charge is 0.481 e. The normalized spacial score (nSPS) is 13.2. The molecule has 0 unspecified atom stereocenters. The molecular formula is C17H14ClN3O2S. The third-order valence-electron chi connectivity index (χ3n) is 4.11. The molecule has 0 saturated heterocycles. The summed E-state index contributed by atoms with van der Waals surface area (Å²) in [7, 11) is 0. The van der Waals surface area contributed by atoms with Gasteiger partial charge < -0.3 is 10.4 Å². The second kappa shape index (κ2) is 6.03. The lowest BCUT2D eigenvalue weighted by Gasteiger charge is -2.09. The van der Waals surface area contributed by atoms with E-state index in [2.05, 4.69) is 15.3 Å². The Balaban J connectivity index is 1.70. The van der Waals surface area contributed by atoms with E-state index in [1.54, 1.807) is 23.5 Å². The Morgan fingerprint density at radius 3 is 2.79 bits per heavy atom. The lowest BCUT2D eigenvalue weighted by atomic mass is 10.1. The summed E-state index contributed by atoms with van der Waals surface area (Å²) in [5.41, 5.74) is 2.94. The maximum absolute atomic E-state index is 10.8. The molecule has 1 aliphatic carbocycles. The minimum atomic E-state index is -0.839. The Kier molecular flexibility index (Phi) is 3.86. The first-order valence-corrected chi connectivity index (χ1v) is 8.85. The highest BCUT2D eigenvalue weighted by Crippen LogP contribution is 2.40. The highest BCUT2D eigenvalue weighted by Gasteiger charge is 2.22. The monoisotopic (exact) mass is 359 g/mol. The summed E-state index contributed by atoms with van der Waals surface area (Å²) in [5.74, 6) is -0.121. The molecule has 5 nitrogen and oxygen atoms in total. The molecule has 0 atom stereocenters. The fourth-order valence-corrected chi connectivity index (χ4v) is 4.56. The van der Waals surface area contributed by atoms with Gasteiger partial charge in [-0.25, -0.2) is 4.98 Å². The number of hydrogen-bond acceptors (Lipinski definition) is 5. The van der Waals surface area contributed by atoms with Gasteiger partial charge in [0, 0.05) is 10.6 Å². The molecule has 0 radical (unpaired) electrons. The predicted octanol–water partition coefficient (Wildman–Crippen LogP) is 4.20. The van der Waals surface area contributed by atoms with Crippen LogP contribution < -0.4 is 5.32 Å². The second-order valence-electron chi connectivity index (χ2n) is 5.77. The van der Waals surface area contributed by atoms with E-state index in [-0.39, 0.29) is 11.7 Å². The van der Waals surface area contributed by atoms with Crippen molar-refractivity contribution in [3.05, 3.63) is 45.6 Å². The maximum Gasteiger partial charge on any atom is 0.307 e. The van der Waals surface area contributed by atoms with Crippen LogP contribution in [0.5, 0.6) is 0 Å². The molecule has 0 fully saturated rings. The molecule has 3 aromatic rings. The third-order valence-corrected chi connectivity index (χ3v) is 5.46. The van der Waals surface area contributed by atoms with Gasteiger partial charge >= 0.3 is 5.97 Å². The molecule has 0 spiro atoms. The number of aryl methyl sites for hydroxylation is 2. The first kappa shape index (κ1) is 15.4. The third kappa shape index (κ3) is 2.83. The number of hydrogen-bond donors (Lipinski definition) is 2. The van der Waals surface area contributed by atoms with Crippen molar-refractivity contribution in [2.75, 3.05) is 5.32 Å². The zero-order valence-electron chi connectivity index (χ0n) is 12.7. The van der Waals surface area contributed by atoms with Gasteiger partial charge in [0.25, 0.3) is 0 Å². The van der Waals surface area contributed by atoms with Crippen molar-refractivity contribution in [3.8, 4) is 0 Å². The lowest BCUT2D eigenvalue weighted by Crippen LogP contribution is -2.01. The number of carboxylic acid groups (broad SMARTS) is 1. The van der Waals surface area contributed by atoms with E-state index < -0.39 is 5.97 Å². The number of fused-ring (bicyclic) bond motifs is 3. The molecule has 0 amide bonds. The van der Waals surface area contributed by atoms with Gasteiger partial charge in [0.2, 0.25) is 5.28 Å². The number of carbonyl (C=O) groups is 1. The number of nitrogens with zero attached hydrogens (tertiary/aromatic N) is 2. The summed E-state index contributed by atoms with van der Waals surface area (Å²) in [6.45, 7) is 0. The van der Waals surface area contributed by atoms with Crippen LogP contribution in [0.1, 0.15) is 22.4 Å². The van der Waals surface area contributed by atoms with Crippen LogP contribution in [0.2, 0.25) is 5.28 Å². The smallest absolute Gasteiger partial charge is 0.307 e. The van der Waals surface area contributed by atoms with Crippen molar-refractivity contribution in [1.82, 2.24) is 9.97 Å². The van der Waals surface area contributed by atoms with Gasteiger partial charge in [0.05, 0.1) is 11.8 Å². The van der Waals surface area contributed by atoms with Crippen molar-refractivity contribution >= 4 is 50.6 Å². The molecule has 1 aliphatic rings. The van der Waals surface area contributed by atoms with Crippen LogP contribution in [0.4, 0.5) is 11.5 Å². The average Bonchev–Trinajstić information content (AvgIpc) is 3.08. The maximum atomic E-state index is 10.8. The Morgan fingerprint density at radius 1 is 1.25 bits per heavy atom. The SMILES string of the molecule is O=C(O)Cc1ccc(Nc2nc(Cl)nc3sc4c(c23)CCC4)cc1. The number of thiophene rings is 1. The van der Waals surface area contributed by atoms with Gasteiger partial charge in [-0.3, -0.25) is 4.79 Å². The van der Waals surface area contributed by atoms with Crippen molar-refractivity contribution in [2.24, 2.45) is 0 Å². The van der Waals surface area contributed by atoms with E-state index >= 15 is 0 Å². The predicted molar refractivity (Wildman–Crippen MR) is 95.5 cm³/mol. The van der Waals surface area contributed by atoms with E-state index in [0.29, 0.717) is 0 Å². The molecule has 24 heavy (non-hydrogen) atoms. The summed E-state index contributed by atoms with van der Waals surface area (Å²) in [6.07, 6.45) is 3.33. The lowest BCUT2D eigenvalue weighted by molar-refractivity contribution is -0.136. The summed E-state index contributed by atoms with van der Waals surface area (Å²) in [6, 6.07) is 7.31. The Hall–Kier alpha value is -2.18. The van der Waals surface area contributed by atoms with E-state index in [1.165, 1.54) is 16.9 Å². The molecule has 2 heterocycles. The van der Waals surface area contributed by atoms with Crippen LogP contribution >= 0.6 is 22.9 Å². The first-order chi connectivity index (χ1) is 11.6. The molecule has 4 rings (SSSR count). The molecule has 0 aliphatic heterocycles. The van der Waals surface area contributed by atoms with E-state index in [4.69, 9.17) is 16.7 Å². The van der Waals surface area contributed by atoms with Gasteiger partial charge in [-0.1, -0.05) is 12.1 Å². The van der Waals surface area contributed by atoms with Crippen molar-refractivity contribution in [3.63, 3.8) is 0 Å². The van der Waals surface area contributed by atoms with Crippen LogP contribution in [0.25, 0.3) is 10.2 Å². The van der Waals surface area contributed by atoms with Crippen LogP contribution in [-0.4, -0.2) is 21.0 Å². The number of aliphatic carboxylic acids is 1. The number of nitrogens with one attached hydrogen (secondary N) is 1. The summed E-state index contributed by atoms with van der Waals surface area (Å²) in [4.78, 5) is 21.8. The van der Waals surface area contributed by atoms with Crippen LogP contribution in [-0.2, 0) is 24.1 Å². The van der Waals surface area contributed by atoms with Crippen LogP contribution in [0.15, 0.2) is 24.3 Å². The Morgan fingerprint density at radius 2 is 2.04 bits per heavy atom. The van der Waals surface area contributed by atoms with Crippen LogP contribution in [0, 0.1) is 0 Å². The van der Waals surface area contributed by atoms with Gasteiger partial charge in [-0.15, -0.1) is 11.3 Å². The number of benzene rings is 1. The number of aromatic nitrogens is 2. The summed E-state index contributed by atoms with van der Waals surface area (Å²) in [5, 5.41) is 13.4. The highest BCUT2D eigenvalue weighted by atomic mass is 35.5. The van der Waals surface area contributed by atoms with Crippen molar-refractivity contribution in [1.29, 1.82) is 0 Å². The summed E-state index contributed by atoms with van der Waals surface area (Å²) >= 11 is 7.77. The number of rotatable bonds is 4. The molecule has 0 saturated carbocycles. The molecular weight excluding hydrogens is 346 g/mol. The minimum Gasteiger partial charge on any atom is -0.481 e. The van der Waals surface area contributed by atoms with E-state index in [9.17, 15) is 4.79 Å². The fraction of sp³-hybridized carbons (Fsp3) is 0.235. The first-order valence-electron chi connectivity index (χ1n) is 7.65. The van der Waals surface area contributed by atoms with Gasteiger partial charge in [-0.2, -0.15) is 4.98 Å². The fourth-order valence-electron chi connectivity index (χ4n) is 3.08. The molecule has 122 valence electrons. The van der Waals surface area contributed by atoms with Gasteiger partial charge in [0.1, 0.15) is 10.6 Å². The minimum absolute atomic E-state index is 0.0158. The van der Waals surface area contributed by atoms with Gasteiger partial charge in [0.15, 0.2) is 0 Å². The zero-order chi connectivity index (χ0) is 16.7. The Labute approximate surface area is 147 Å². The number of halogens is 1. The summed E-state index contributed by atoms with van der Waals surface area (Å²) < 4.78 is 0. The Bertz CT molecular complexity index is 937. The quantitative estimate of drug-likeness (QED) is 0.683. The van der Waals surface area contributed by atoms with E-state index in [1.807, 2.05) is 12.1 Å². The van der Waals surface area contributed by atoms with E-state index in [0.717, 1.165) is 40.1 Å². The average molecular weight is 360 g/mol. The molecule has 7 heteroatoms. The molecule has 1 aromatic carbocycles. The highest BCUT2D eigenvalue weighted by molar-refractivity contribution is 7.19. The molecule has 2 aromatic heterocycles. The number of carboxylic acids is 1. The van der Waals surface area contributed by atoms with Crippen LogP contribution in [0.3, 0.4) is 0 Å². The zero-order valence-corrected chi connectivity index (χ0v) is 14.2. The topological polar surface area (TPSA) is 75.1 Å². The van der Waals surface area contributed by atoms with Gasteiger partial charge in [-0.05, 0) is 54.1 Å². The van der Waals surface area contributed by atoms with Crippen molar-refractivity contribution < 1.29 is 9.90 Å².